The summed E-state index contributed by atoms with van der Waals surface area (Å²) in [4.78, 5) is 8.31. The molecule has 4 nitrogen and oxygen atoms in total. The van der Waals surface area contributed by atoms with Gasteiger partial charge < -0.3 is 10.1 Å². The second kappa shape index (κ2) is 7.13. The summed E-state index contributed by atoms with van der Waals surface area (Å²) < 4.78 is 18.9. The van der Waals surface area contributed by atoms with Crippen LogP contribution in [0.15, 0.2) is 30.6 Å². The monoisotopic (exact) mass is 289 g/mol. The third kappa shape index (κ3) is 4.79. The number of nitrogens with zero attached hydrogens (tertiary/aromatic N) is 2. The Morgan fingerprint density at radius 3 is 2.81 bits per heavy atom. The molecule has 0 spiro atoms. The number of aromatic nitrogens is 2. The zero-order chi connectivity index (χ0) is 15.2. The first-order valence-electron chi connectivity index (χ1n) is 6.96. The van der Waals surface area contributed by atoms with Crippen molar-refractivity contribution in [2.45, 2.75) is 40.0 Å². The normalized spacial score (nSPS) is 10.9. The predicted molar refractivity (Wildman–Crippen MR) is 79.5 cm³/mol. The van der Waals surface area contributed by atoms with E-state index in [1.165, 1.54) is 12.3 Å². The quantitative estimate of drug-likeness (QED) is 0.888. The highest BCUT2D eigenvalue weighted by molar-refractivity contribution is 5.29. The molecule has 0 aromatic carbocycles. The molecular formula is C16H20FN3O. The van der Waals surface area contributed by atoms with Crippen LogP contribution in [-0.4, -0.2) is 16.0 Å². The van der Waals surface area contributed by atoms with Crippen molar-refractivity contribution < 1.29 is 9.13 Å². The van der Waals surface area contributed by atoms with E-state index in [9.17, 15) is 4.39 Å². The minimum atomic E-state index is -0.361. The first-order valence-corrected chi connectivity index (χ1v) is 6.96. The molecule has 0 aliphatic rings. The van der Waals surface area contributed by atoms with Gasteiger partial charge in [0, 0.05) is 30.0 Å². The van der Waals surface area contributed by atoms with Crippen LogP contribution in [0, 0.1) is 12.7 Å². The van der Waals surface area contributed by atoms with Crippen molar-refractivity contribution in [3.63, 3.8) is 0 Å². The molecule has 0 unspecified atom stereocenters. The van der Waals surface area contributed by atoms with Crippen LogP contribution in [0.3, 0.4) is 0 Å². The molecule has 112 valence electrons. The summed E-state index contributed by atoms with van der Waals surface area (Å²) in [5.74, 6) is 0.345. The van der Waals surface area contributed by atoms with Crippen LogP contribution >= 0.6 is 0 Å². The van der Waals surface area contributed by atoms with E-state index in [0.717, 1.165) is 11.4 Å². The van der Waals surface area contributed by atoms with E-state index in [1.807, 2.05) is 19.1 Å². The first-order chi connectivity index (χ1) is 10.0. The Bertz CT molecular complexity index is 602. The van der Waals surface area contributed by atoms with Crippen molar-refractivity contribution in [3.05, 3.63) is 53.4 Å². The molecule has 2 aromatic heterocycles. The third-order valence-corrected chi connectivity index (χ3v) is 2.91. The van der Waals surface area contributed by atoms with Crippen molar-refractivity contribution in [1.29, 1.82) is 0 Å². The largest absolute Gasteiger partial charge is 0.487 e. The second-order valence-electron chi connectivity index (χ2n) is 5.23. The van der Waals surface area contributed by atoms with E-state index in [4.69, 9.17) is 4.74 Å². The Morgan fingerprint density at radius 2 is 2.10 bits per heavy atom. The maximum atomic E-state index is 13.1. The molecule has 0 saturated heterocycles. The van der Waals surface area contributed by atoms with Gasteiger partial charge in [-0.05, 0) is 25.1 Å². The number of pyridine rings is 2. The highest BCUT2D eigenvalue weighted by Gasteiger charge is 2.07. The number of rotatable bonds is 6. The fourth-order valence-electron chi connectivity index (χ4n) is 1.85. The van der Waals surface area contributed by atoms with Gasteiger partial charge in [0.15, 0.2) is 0 Å². The van der Waals surface area contributed by atoms with E-state index in [2.05, 4.69) is 29.1 Å². The van der Waals surface area contributed by atoms with E-state index < -0.39 is 0 Å². The van der Waals surface area contributed by atoms with Crippen LogP contribution in [0.2, 0.25) is 0 Å². The van der Waals surface area contributed by atoms with Gasteiger partial charge >= 0.3 is 0 Å². The minimum Gasteiger partial charge on any atom is -0.487 e. The maximum absolute atomic E-state index is 13.1. The highest BCUT2D eigenvalue weighted by Crippen LogP contribution is 2.18. The molecule has 0 aliphatic carbocycles. The van der Waals surface area contributed by atoms with Gasteiger partial charge in [-0.3, -0.25) is 9.97 Å². The SMILES string of the molecule is Cc1ccc(OCc2cncc(F)c2)c(CNC(C)C)n1. The summed E-state index contributed by atoms with van der Waals surface area (Å²) in [5, 5.41) is 3.32. The molecule has 1 N–H and O–H groups in total. The van der Waals surface area contributed by atoms with E-state index >= 15 is 0 Å². The second-order valence-corrected chi connectivity index (χ2v) is 5.23. The maximum Gasteiger partial charge on any atom is 0.142 e. The molecule has 2 aromatic rings. The highest BCUT2D eigenvalue weighted by atomic mass is 19.1. The van der Waals surface area contributed by atoms with E-state index in [-0.39, 0.29) is 12.4 Å². The summed E-state index contributed by atoms with van der Waals surface area (Å²) in [6, 6.07) is 5.58. The number of hydrogen-bond acceptors (Lipinski definition) is 4. The van der Waals surface area contributed by atoms with Gasteiger partial charge in [0.2, 0.25) is 0 Å². The molecule has 0 bridgehead atoms. The summed E-state index contributed by atoms with van der Waals surface area (Å²) in [6.45, 7) is 7.00. The van der Waals surface area contributed by atoms with Crippen LogP contribution in [0.25, 0.3) is 0 Å². The lowest BCUT2D eigenvalue weighted by atomic mass is 10.2. The van der Waals surface area contributed by atoms with Crippen molar-refractivity contribution in [2.24, 2.45) is 0 Å². The van der Waals surface area contributed by atoms with Crippen molar-refractivity contribution in [3.8, 4) is 5.75 Å². The van der Waals surface area contributed by atoms with Crippen molar-refractivity contribution >= 4 is 0 Å². The topological polar surface area (TPSA) is 47.0 Å². The fraction of sp³-hybridized carbons (Fsp3) is 0.375. The van der Waals surface area contributed by atoms with Crippen molar-refractivity contribution in [2.75, 3.05) is 0 Å². The molecule has 21 heavy (non-hydrogen) atoms. The molecular weight excluding hydrogens is 269 g/mol. The third-order valence-electron chi connectivity index (χ3n) is 2.91. The Labute approximate surface area is 124 Å². The van der Waals surface area contributed by atoms with Crippen LogP contribution in [0.4, 0.5) is 4.39 Å². The standard InChI is InChI=1S/C16H20FN3O/c1-11(2)19-9-15-16(5-4-12(3)20-15)21-10-13-6-14(17)8-18-7-13/h4-8,11,19H,9-10H2,1-3H3. The lowest BCUT2D eigenvalue weighted by Gasteiger charge is -2.13. The van der Waals surface area contributed by atoms with Gasteiger partial charge in [-0.2, -0.15) is 0 Å². The predicted octanol–water partition coefficient (Wildman–Crippen LogP) is 3.00. The smallest absolute Gasteiger partial charge is 0.142 e. The van der Waals surface area contributed by atoms with Crippen LogP contribution < -0.4 is 10.1 Å². The summed E-state index contributed by atoms with van der Waals surface area (Å²) in [7, 11) is 0. The molecule has 0 saturated carbocycles. The molecule has 5 heteroatoms. The Balaban J connectivity index is 2.08. The van der Waals surface area contributed by atoms with Crippen molar-refractivity contribution in [1.82, 2.24) is 15.3 Å². The molecule has 0 atom stereocenters. The van der Waals surface area contributed by atoms with E-state index in [1.54, 1.807) is 6.20 Å². The van der Waals surface area contributed by atoms with Gasteiger partial charge in [0.05, 0.1) is 11.9 Å². The zero-order valence-electron chi connectivity index (χ0n) is 12.6. The Kier molecular flexibility index (Phi) is 5.22. The summed E-state index contributed by atoms with van der Waals surface area (Å²) in [5.41, 5.74) is 2.49. The molecule has 0 amide bonds. The van der Waals surface area contributed by atoms with Crippen LogP contribution in [-0.2, 0) is 13.2 Å². The number of ether oxygens (including phenoxy) is 1. The fourth-order valence-corrected chi connectivity index (χ4v) is 1.85. The average Bonchev–Trinajstić information content (AvgIpc) is 2.44. The molecule has 2 rings (SSSR count). The Morgan fingerprint density at radius 1 is 1.29 bits per heavy atom. The summed E-state index contributed by atoms with van der Waals surface area (Å²) in [6.07, 6.45) is 2.77. The first kappa shape index (κ1) is 15.4. The number of aryl methyl sites for hydroxylation is 1. The van der Waals surface area contributed by atoms with Gasteiger partial charge in [-0.1, -0.05) is 13.8 Å². The lowest BCUT2D eigenvalue weighted by Crippen LogP contribution is -2.23. The average molecular weight is 289 g/mol. The van der Waals surface area contributed by atoms with Gasteiger partial charge in [0.25, 0.3) is 0 Å². The molecule has 0 aliphatic heterocycles. The van der Waals surface area contributed by atoms with Crippen LogP contribution in [0.5, 0.6) is 5.75 Å². The van der Waals surface area contributed by atoms with Crippen LogP contribution in [0.1, 0.15) is 30.8 Å². The minimum absolute atomic E-state index is 0.268. The number of nitrogens with one attached hydrogen (secondary N) is 1. The molecule has 2 heterocycles. The Hall–Kier alpha value is -2.01. The molecule has 0 radical (unpaired) electrons. The lowest BCUT2D eigenvalue weighted by molar-refractivity contribution is 0.298. The van der Waals surface area contributed by atoms with Gasteiger partial charge in [-0.15, -0.1) is 0 Å². The van der Waals surface area contributed by atoms with E-state index in [0.29, 0.717) is 23.9 Å². The number of hydrogen-bond donors (Lipinski definition) is 1. The van der Waals surface area contributed by atoms with Gasteiger partial charge in [-0.25, -0.2) is 4.39 Å². The molecule has 0 fully saturated rings. The zero-order valence-corrected chi connectivity index (χ0v) is 12.6. The number of halogens is 1. The van der Waals surface area contributed by atoms with Gasteiger partial charge in [0.1, 0.15) is 18.2 Å². The summed E-state index contributed by atoms with van der Waals surface area (Å²) >= 11 is 0.